The number of nitrogens with zero attached hydrogens (tertiary/aromatic N) is 1. The van der Waals surface area contributed by atoms with E-state index in [9.17, 15) is 4.79 Å². The van der Waals surface area contributed by atoms with Crippen molar-refractivity contribution in [3.05, 3.63) is 0 Å². The van der Waals surface area contributed by atoms with Crippen LogP contribution in [0.5, 0.6) is 0 Å². The van der Waals surface area contributed by atoms with E-state index in [1.54, 1.807) is 0 Å². The third-order valence-electron chi connectivity index (χ3n) is 3.08. The maximum absolute atomic E-state index is 11.6. The van der Waals surface area contributed by atoms with Crippen LogP contribution in [0.25, 0.3) is 0 Å². The van der Waals surface area contributed by atoms with Crippen LogP contribution < -0.4 is 0 Å². The summed E-state index contributed by atoms with van der Waals surface area (Å²) in [5.41, 5.74) is 0.0817. The van der Waals surface area contributed by atoms with E-state index in [0.29, 0.717) is 6.61 Å². The molecule has 1 saturated carbocycles. The van der Waals surface area contributed by atoms with Crippen molar-refractivity contribution in [2.45, 2.75) is 24.8 Å². The molecule has 0 atom stereocenters. The van der Waals surface area contributed by atoms with E-state index < -0.39 is 0 Å². The Morgan fingerprint density at radius 1 is 1.54 bits per heavy atom. The molecule has 2 fully saturated rings. The zero-order valence-corrected chi connectivity index (χ0v) is 8.73. The van der Waals surface area contributed by atoms with E-state index >= 15 is 0 Å². The molecule has 0 aromatic carbocycles. The number of carbonyl (C=O) groups excluding carboxylic acids is 1. The van der Waals surface area contributed by atoms with Gasteiger partial charge in [-0.3, -0.25) is 4.79 Å². The van der Waals surface area contributed by atoms with Crippen LogP contribution in [-0.2, 0) is 4.74 Å². The van der Waals surface area contributed by atoms with Gasteiger partial charge in [-0.2, -0.15) is 0 Å². The Hall–Kier alpha value is -0.220. The minimum Gasteiger partial charge on any atom is -0.377 e. The third-order valence-corrected chi connectivity index (χ3v) is 3.65. The Morgan fingerprint density at radius 3 is 2.85 bits per heavy atom. The summed E-state index contributed by atoms with van der Waals surface area (Å²) in [6.45, 7) is 2.23. The lowest BCUT2D eigenvalue weighted by Crippen LogP contribution is -2.61. The molecule has 0 aromatic rings. The van der Waals surface area contributed by atoms with E-state index in [-0.39, 0.29) is 10.8 Å². The fraction of sp³-hybridized carbons (Fsp3) is 0.889. The summed E-state index contributed by atoms with van der Waals surface area (Å²) in [7, 11) is 0. The SMILES string of the molecule is CSC(=O)N1CCOCC12CCC2. The zero-order chi connectivity index (χ0) is 9.31. The van der Waals surface area contributed by atoms with Crippen LogP contribution in [0.4, 0.5) is 4.79 Å². The van der Waals surface area contributed by atoms with Gasteiger partial charge in [-0.05, 0) is 25.5 Å². The molecule has 3 nitrogen and oxygen atoms in total. The molecule has 1 aliphatic heterocycles. The van der Waals surface area contributed by atoms with E-state index in [1.165, 1.54) is 18.2 Å². The van der Waals surface area contributed by atoms with Crippen LogP contribution in [0.2, 0.25) is 0 Å². The largest absolute Gasteiger partial charge is 0.377 e. The Balaban J connectivity index is 2.09. The van der Waals surface area contributed by atoms with Crippen LogP contribution in [0.3, 0.4) is 0 Å². The molecular weight excluding hydrogens is 186 g/mol. The average molecular weight is 201 g/mol. The lowest BCUT2D eigenvalue weighted by Gasteiger charge is -2.52. The highest BCUT2D eigenvalue weighted by atomic mass is 32.2. The highest BCUT2D eigenvalue weighted by Crippen LogP contribution is 2.40. The quantitative estimate of drug-likeness (QED) is 0.597. The van der Waals surface area contributed by atoms with Gasteiger partial charge >= 0.3 is 0 Å². The smallest absolute Gasteiger partial charge is 0.281 e. The number of amides is 1. The second-order valence-corrected chi connectivity index (χ2v) is 4.51. The summed E-state index contributed by atoms with van der Waals surface area (Å²) in [6.07, 6.45) is 5.34. The second kappa shape index (κ2) is 3.50. The highest BCUT2D eigenvalue weighted by Gasteiger charge is 2.46. The van der Waals surface area contributed by atoms with Crippen molar-refractivity contribution < 1.29 is 9.53 Å². The molecule has 13 heavy (non-hydrogen) atoms. The maximum Gasteiger partial charge on any atom is 0.281 e. The third kappa shape index (κ3) is 1.46. The van der Waals surface area contributed by atoms with Crippen LogP contribution in [0.15, 0.2) is 0 Å². The summed E-state index contributed by atoms with van der Waals surface area (Å²) < 4.78 is 5.45. The predicted molar refractivity (Wildman–Crippen MR) is 53.0 cm³/mol. The fourth-order valence-corrected chi connectivity index (χ4v) is 2.63. The van der Waals surface area contributed by atoms with Crippen LogP contribution in [0.1, 0.15) is 19.3 Å². The molecule has 74 valence electrons. The van der Waals surface area contributed by atoms with Gasteiger partial charge in [0.2, 0.25) is 0 Å². The first-order valence-corrected chi connectivity index (χ1v) is 5.94. The van der Waals surface area contributed by atoms with Gasteiger partial charge in [0.15, 0.2) is 0 Å². The van der Waals surface area contributed by atoms with Gasteiger partial charge in [0.05, 0.1) is 18.8 Å². The second-order valence-electron chi connectivity index (χ2n) is 3.75. The first-order chi connectivity index (χ1) is 6.28. The van der Waals surface area contributed by atoms with Gasteiger partial charge in [0, 0.05) is 6.54 Å². The topological polar surface area (TPSA) is 29.5 Å². The Labute approximate surface area is 82.8 Å². The number of rotatable bonds is 0. The monoisotopic (exact) mass is 201 g/mol. The first-order valence-electron chi connectivity index (χ1n) is 4.72. The summed E-state index contributed by atoms with van der Waals surface area (Å²) in [5.74, 6) is 0. The number of hydrogen-bond acceptors (Lipinski definition) is 3. The van der Waals surface area contributed by atoms with E-state index in [1.807, 2.05) is 11.2 Å². The molecule has 0 bridgehead atoms. The van der Waals surface area contributed by atoms with Crippen molar-refractivity contribution in [3.8, 4) is 0 Å². The lowest BCUT2D eigenvalue weighted by atomic mass is 9.75. The number of carbonyl (C=O) groups is 1. The van der Waals surface area contributed by atoms with Crippen molar-refractivity contribution in [1.82, 2.24) is 4.90 Å². The first kappa shape index (κ1) is 9.34. The average Bonchev–Trinajstić information content (AvgIpc) is 2.14. The predicted octanol–water partition coefficient (Wildman–Crippen LogP) is 1.72. The van der Waals surface area contributed by atoms with Gasteiger partial charge in [-0.25, -0.2) is 0 Å². The highest BCUT2D eigenvalue weighted by molar-refractivity contribution is 8.12. The summed E-state index contributed by atoms with van der Waals surface area (Å²) in [5, 5.41) is 0.211. The van der Waals surface area contributed by atoms with E-state index in [0.717, 1.165) is 26.0 Å². The van der Waals surface area contributed by atoms with Gasteiger partial charge in [-0.1, -0.05) is 11.8 Å². The molecule has 1 heterocycles. The fourth-order valence-electron chi connectivity index (χ4n) is 2.13. The number of morpholine rings is 1. The molecule has 1 spiro atoms. The van der Waals surface area contributed by atoms with E-state index in [4.69, 9.17) is 4.74 Å². The molecule has 0 N–H and O–H groups in total. The minimum atomic E-state index is 0.0817. The molecule has 0 radical (unpaired) electrons. The molecule has 1 saturated heterocycles. The summed E-state index contributed by atoms with van der Waals surface area (Å²) >= 11 is 1.31. The molecule has 1 amide bonds. The zero-order valence-electron chi connectivity index (χ0n) is 7.91. The Kier molecular flexibility index (Phi) is 2.51. The van der Waals surface area contributed by atoms with Gasteiger partial charge in [0.1, 0.15) is 0 Å². The summed E-state index contributed by atoms with van der Waals surface area (Å²) in [4.78, 5) is 13.6. The van der Waals surface area contributed by atoms with Crippen molar-refractivity contribution >= 4 is 17.0 Å². The Morgan fingerprint density at radius 2 is 2.31 bits per heavy atom. The number of ether oxygens (including phenoxy) is 1. The van der Waals surface area contributed by atoms with Crippen LogP contribution in [0, 0.1) is 0 Å². The van der Waals surface area contributed by atoms with Crippen molar-refractivity contribution in [2.24, 2.45) is 0 Å². The van der Waals surface area contributed by atoms with Crippen molar-refractivity contribution in [1.29, 1.82) is 0 Å². The Bertz CT molecular complexity index is 216. The number of hydrogen-bond donors (Lipinski definition) is 0. The maximum atomic E-state index is 11.6. The molecule has 2 rings (SSSR count). The molecular formula is C9H15NO2S. The lowest BCUT2D eigenvalue weighted by molar-refractivity contribution is -0.0780. The molecule has 0 unspecified atom stereocenters. The normalized spacial score (nSPS) is 25.8. The standard InChI is InChI=1S/C9H15NO2S/c1-13-8(11)10-5-6-12-7-9(10)3-2-4-9/h2-7H2,1H3. The molecule has 4 heteroatoms. The van der Waals surface area contributed by atoms with Crippen LogP contribution in [-0.4, -0.2) is 41.7 Å². The van der Waals surface area contributed by atoms with Crippen molar-refractivity contribution in [2.75, 3.05) is 26.0 Å². The number of thioether (sulfide) groups is 1. The van der Waals surface area contributed by atoms with Crippen molar-refractivity contribution in [3.63, 3.8) is 0 Å². The van der Waals surface area contributed by atoms with Gasteiger partial charge < -0.3 is 9.64 Å². The summed E-state index contributed by atoms with van der Waals surface area (Å²) in [6, 6.07) is 0. The molecule has 2 aliphatic rings. The van der Waals surface area contributed by atoms with Crippen LogP contribution >= 0.6 is 11.8 Å². The minimum absolute atomic E-state index is 0.0817. The van der Waals surface area contributed by atoms with Gasteiger partial charge in [-0.15, -0.1) is 0 Å². The molecule has 1 aliphatic carbocycles. The van der Waals surface area contributed by atoms with Gasteiger partial charge in [0.25, 0.3) is 5.24 Å². The van der Waals surface area contributed by atoms with E-state index in [2.05, 4.69) is 0 Å². The molecule has 0 aromatic heterocycles.